The van der Waals surface area contributed by atoms with Gasteiger partial charge in [-0.25, -0.2) is 0 Å². The summed E-state index contributed by atoms with van der Waals surface area (Å²) < 4.78 is 5.51. The van der Waals surface area contributed by atoms with Gasteiger partial charge in [0.25, 0.3) is 0 Å². The van der Waals surface area contributed by atoms with Crippen LogP contribution in [0.3, 0.4) is 0 Å². The fourth-order valence-electron chi connectivity index (χ4n) is 11.3. The van der Waals surface area contributed by atoms with Gasteiger partial charge in [0, 0.05) is 12.8 Å². The van der Waals surface area contributed by atoms with Gasteiger partial charge in [0.05, 0.1) is 25.4 Å². The number of rotatable bonds is 67. The zero-order valence-corrected chi connectivity index (χ0v) is 52.9. The molecule has 462 valence electrons. The molecule has 0 heterocycles. The topological polar surface area (TPSA) is 95.9 Å². The van der Waals surface area contributed by atoms with Crippen molar-refractivity contribution >= 4 is 11.9 Å². The molecular formula is C72H139NO5. The Bertz CT molecular complexity index is 1220. The van der Waals surface area contributed by atoms with E-state index in [0.29, 0.717) is 19.4 Å². The smallest absolute Gasteiger partial charge is 0.305 e. The third-order valence-corrected chi connectivity index (χ3v) is 16.7. The van der Waals surface area contributed by atoms with E-state index in [1.165, 1.54) is 327 Å². The summed E-state index contributed by atoms with van der Waals surface area (Å²) in [6.45, 7) is 4.94. The number of nitrogens with one attached hydrogen (secondary N) is 1. The Balaban J connectivity index is 3.42. The van der Waals surface area contributed by atoms with Gasteiger partial charge in [0.15, 0.2) is 0 Å². The number of unbranched alkanes of at least 4 members (excludes halogenated alkanes) is 54. The highest BCUT2D eigenvalue weighted by atomic mass is 16.5. The van der Waals surface area contributed by atoms with Crippen molar-refractivity contribution in [2.75, 3.05) is 13.2 Å². The van der Waals surface area contributed by atoms with Crippen LogP contribution in [0.1, 0.15) is 399 Å². The molecule has 0 fully saturated rings. The van der Waals surface area contributed by atoms with Crippen LogP contribution in [0.2, 0.25) is 0 Å². The molecule has 6 heteroatoms. The first-order valence-corrected chi connectivity index (χ1v) is 35.6. The lowest BCUT2D eigenvalue weighted by Crippen LogP contribution is -2.45. The van der Waals surface area contributed by atoms with Crippen molar-refractivity contribution < 1.29 is 24.5 Å². The van der Waals surface area contributed by atoms with E-state index in [0.717, 1.165) is 44.9 Å². The Hall–Kier alpha value is -1.66. The van der Waals surface area contributed by atoms with Crippen molar-refractivity contribution in [1.29, 1.82) is 0 Å². The average molecular weight is 1100 g/mol. The molecule has 3 N–H and O–H groups in total. The normalized spacial score (nSPS) is 12.6. The number of esters is 1. The first-order valence-electron chi connectivity index (χ1n) is 35.6. The molecule has 0 bridgehead atoms. The van der Waals surface area contributed by atoms with Crippen LogP contribution in [0.5, 0.6) is 0 Å². The summed E-state index contributed by atoms with van der Waals surface area (Å²) in [5.74, 6) is -0.0563. The second kappa shape index (κ2) is 67.8. The van der Waals surface area contributed by atoms with Crippen molar-refractivity contribution in [2.24, 2.45) is 0 Å². The van der Waals surface area contributed by atoms with Gasteiger partial charge in [-0.3, -0.25) is 9.59 Å². The molecule has 0 radical (unpaired) electrons. The molecule has 0 aliphatic rings. The Morgan fingerprint density at radius 2 is 0.603 bits per heavy atom. The number of amides is 1. The largest absolute Gasteiger partial charge is 0.466 e. The van der Waals surface area contributed by atoms with Crippen LogP contribution in [0.25, 0.3) is 0 Å². The highest BCUT2D eigenvalue weighted by Crippen LogP contribution is 2.19. The third-order valence-electron chi connectivity index (χ3n) is 16.7. The van der Waals surface area contributed by atoms with Crippen LogP contribution in [0, 0.1) is 0 Å². The second-order valence-electron chi connectivity index (χ2n) is 24.6. The van der Waals surface area contributed by atoms with E-state index in [9.17, 15) is 19.8 Å². The van der Waals surface area contributed by atoms with Crippen molar-refractivity contribution in [3.05, 3.63) is 24.3 Å². The van der Waals surface area contributed by atoms with Crippen LogP contribution in [0.15, 0.2) is 24.3 Å². The van der Waals surface area contributed by atoms with E-state index < -0.39 is 12.1 Å². The number of allylic oxidation sites excluding steroid dienone is 3. The minimum Gasteiger partial charge on any atom is -0.466 e. The zero-order valence-electron chi connectivity index (χ0n) is 52.9. The van der Waals surface area contributed by atoms with Crippen molar-refractivity contribution in [1.82, 2.24) is 5.32 Å². The van der Waals surface area contributed by atoms with Gasteiger partial charge in [-0.15, -0.1) is 0 Å². The van der Waals surface area contributed by atoms with Crippen molar-refractivity contribution in [3.63, 3.8) is 0 Å². The highest BCUT2D eigenvalue weighted by molar-refractivity contribution is 5.76. The van der Waals surface area contributed by atoms with Gasteiger partial charge < -0.3 is 20.3 Å². The SMILES string of the molecule is CCCCCCCCCCCCCCCCCCCCC/C=C/C(O)C(CO)NC(=O)CCCCCCCCC/C=C\CCCCCCCCCCCCCOC(=O)CCCCCCCCCCCCCCCCCCCC. The van der Waals surface area contributed by atoms with Gasteiger partial charge in [0.1, 0.15) is 0 Å². The van der Waals surface area contributed by atoms with E-state index in [4.69, 9.17) is 4.74 Å². The maximum absolute atomic E-state index is 12.5. The minimum absolute atomic E-state index is 0.0147. The van der Waals surface area contributed by atoms with Crippen molar-refractivity contribution in [3.8, 4) is 0 Å². The van der Waals surface area contributed by atoms with Crippen LogP contribution in [-0.2, 0) is 14.3 Å². The van der Waals surface area contributed by atoms with Gasteiger partial charge in [-0.05, 0) is 57.8 Å². The molecule has 0 aromatic carbocycles. The van der Waals surface area contributed by atoms with Gasteiger partial charge in [-0.1, -0.05) is 353 Å². The summed E-state index contributed by atoms with van der Waals surface area (Å²) in [6, 6.07) is -0.634. The van der Waals surface area contributed by atoms with Crippen LogP contribution >= 0.6 is 0 Å². The van der Waals surface area contributed by atoms with E-state index in [-0.39, 0.29) is 18.5 Å². The molecule has 0 saturated carbocycles. The van der Waals surface area contributed by atoms with Gasteiger partial charge in [-0.2, -0.15) is 0 Å². The van der Waals surface area contributed by atoms with Crippen LogP contribution in [-0.4, -0.2) is 47.4 Å². The molecule has 0 aromatic heterocycles. The third kappa shape index (κ3) is 63.5. The van der Waals surface area contributed by atoms with Gasteiger partial charge >= 0.3 is 5.97 Å². The molecule has 2 atom stereocenters. The second-order valence-corrected chi connectivity index (χ2v) is 24.6. The lowest BCUT2D eigenvalue weighted by Gasteiger charge is -2.20. The molecule has 1 amide bonds. The summed E-state index contributed by atoms with van der Waals surface area (Å²) in [5.41, 5.74) is 0. The Kier molecular flexibility index (Phi) is 66.4. The first kappa shape index (κ1) is 76.3. The molecule has 0 rings (SSSR count). The van der Waals surface area contributed by atoms with E-state index in [1.54, 1.807) is 6.08 Å². The lowest BCUT2D eigenvalue weighted by atomic mass is 10.0. The predicted molar refractivity (Wildman–Crippen MR) is 343 cm³/mol. The summed E-state index contributed by atoms with van der Waals surface area (Å²) in [6.07, 6.45) is 85.4. The highest BCUT2D eigenvalue weighted by Gasteiger charge is 2.18. The fourth-order valence-corrected chi connectivity index (χ4v) is 11.3. The molecule has 0 aromatic rings. The van der Waals surface area contributed by atoms with E-state index in [1.807, 2.05) is 6.08 Å². The molecule has 0 spiro atoms. The van der Waals surface area contributed by atoms with Gasteiger partial charge in [0.2, 0.25) is 5.91 Å². The van der Waals surface area contributed by atoms with Crippen molar-refractivity contribution in [2.45, 2.75) is 411 Å². The quantitative estimate of drug-likeness (QED) is 0.0320. The summed E-state index contributed by atoms with van der Waals surface area (Å²) >= 11 is 0. The Morgan fingerprint density at radius 1 is 0.346 bits per heavy atom. The fraction of sp³-hybridized carbons (Fsp3) is 0.917. The summed E-state index contributed by atoms with van der Waals surface area (Å²) in [7, 11) is 0. The standard InChI is InChI=1S/C72H139NO5/c1-3-5-7-9-11-13-15-17-19-21-23-26-29-32-36-40-44-48-52-56-60-64-70(75)69(68-74)73-71(76)65-61-57-53-49-45-41-37-33-30-27-24-25-28-31-35-39-43-47-51-55-59-63-67-78-72(77)66-62-58-54-50-46-42-38-34-22-20-18-16-14-12-10-8-6-4-2/h27,30,60,64,69-70,74-75H,3-26,28-29,31-59,61-63,65-68H2,1-2H3,(H,73,76)/b30-27-,64-60+. The number of hydrogen-bond acceptors (Lipinski definition) is 5. The number of aliphatic hydroxyl groups excluding tert-OH is 2. The molecule has 78 heavy (non-hydrogen) atoms. The number of carbonyl (C=O) groups is 2. The molecule has 0 aliphatic heterocycles. The summed E-state index contributed by atoms with van der Waals surface area (Å²) in [5, 5.41) is 23.2. The maximum Gasteiger partial charge on any atom is 0.305 e. The molecule has 6 nitrogen and oxygen atoms in total. The average Bonchev–Trinajstić information content (AvgIpc) is 3.44. The minimum atomic E-state index is -0.850. The lowest BCUT2D eigenvalue weighted by molar-refractivity contribution is -0.143. The number of aliphatic hydroxyl groups is 2. The maximum atomic E-state index is 12.5. The Labute approximate surface area is 488 Å². The summed E-state index contributed by atoms with van der Waals surface area (Å²) in [4.78, 5) is 24.6. The van der Waals surface area contributed by atoms with Crippen LogP contribution in [0.4, 0.5) is 0 Å². The monoisotopic (exact) mass is 1100 g/mol. The van der Waals surface area contributed by atoms with E-state index >= 15 is 0 Å². The number of carbonyl (C=O) groups excluding carboxylic acids is 2. The van der Waals surface area contributed by atoms with E-state index in [2.05, 4.69) is 31.3 Å². The molecule has 0 saturated heterocycles. The number of ether oxygens (including phenoxy) is 1. The van der Waals surface area contributed by atoms with Crippen LogP contribution < -0.4 is 5.32 Å². The molecule has 0 aliphatic carbocycles. The Morgan fingerprint density at radius 3 is 0.910 bits per heavy atom. The predicted octanol–water partition coefficient (Wildman–Crippen LogP) is 22.9. The molecular weight excluding hydrogens is 959 g/mol. The first-order chi connectivity index (χ1) is 38.5. The number of hydrogen-bond donors (Lipinski definition) is 3. The molecule has 2 unspecified atom stereocenters. The zero-order chi connectivity index (χ0) is 56.4.